The molecule has 2 N–H and O–H groups in total. The number of benzene rings is 1. The molecule has 2 rings (SSSR count). The zero-order valence-electron chi connectivity index (χ0n) is 15.1. The van der Waals surface area contributed by atoms with Crippen LogP contribution in [-0.2, 0) is 4.79 Å². The SMILES string of the molecule is Cl.NCCCCCCC(=O)N1CCC(COc2cc(Cl)cc(Cl)c2)CC1. The molecular formula is C19H29Cl3N2O2. The van der Waals surface area contributed by atoms with Crippen molar-refractivity contribution in [3.8, 4) is 5.75 Å². The molecule has 0 radical (unpaired) electrons. The summed E-state index contributed by atoms with van der Waals surface area (Å²) in [6, 6.07) is 5.24. The van der Waals surface area contributed by atoms with E-state index in [9.17, 15) is 4.79 Å². The van der Waals surface area contributed by atoms with Crippen LogP contribution in [0.5, 0.6) is 5.75 Å². The summed E-state index contributed by atoms with van der Waals surface area (Å²) in [5.74, 6) is 1.45. The lowest BCUT2D eigenvalue weighted by Gasteiger charge is -2.32. The third-order valence-electron chi connectivity index (χ3n) is 4.63. The van der Waals surface area contributed by atoms with Crippen LogP contribution in [0, 0.1) is 5.92 Å². The summed E-state index contributed by atoms with van der Waals surface area (Å²) in [5, 5.41) is 1.16. The van der Waals surface area contributed by atoms with E-state index in [1.54, 1.807) is 18.2 Å². The van der Waals surface area contributed by atoms with Crippen molar-refractivity contribution in [3.63, 3.8) is 0 Å². The molecule has 0 saturated carbocycles. The first-order valence-electron chi connectivity index (χ1n) is 9.15. The first-order valence-corrected chi connectivity index (χ1v) is 9.91. The molecule has 1 aliphatic rings. The highest BCUT2D eigenvalue weighted by Crippen LogP contribution is 2.26. The van der Waals surface area contributed by atoms with Gasteiger partial charge in [-0.3, -0.25) is 4.79 Å². The minimum atomic E-state index is 0. The van der Waals surface area contributed by atoms with Crippen LogP contribution in [0.3, 0.4) is 0 Å². The number of hydrogen-bond donors (Lipinski definition) is 1. The standard InChI is InChI=1S/C19H28Cl2N2O2.ClH/c20-16-11-17(21)13-18(12-16)25-14-15-6-9-23(10-7-15)19(24)5-3-1-2-4-8-22;/h11-13,15H,1-10,14,22H2;1H. The molecule has 1 heterocycles. The molecule has 1 aromatic carbocycles. The second-order valence-electron chi connectivity index (χ2n) is 6.69. The van der Waals surface area contributed by atoms with Gasteiger partial charge in [0.2, 0.25) is 5.91 Å². The molecule has 1 aromatic rings. The van der Waals surface area contributed by atoms with Crippen LogP contribution in [0.2, 0.25) is 10.0 Å². The lowest BCUT2D eigenvalue weighted by molar-refractivity contribution is -0.132. The number of piperidine rings is 1. The van der Waals surface area contributed by atoms with Crippen molar-refractivity contribution in [2.75, 3.05) is 26.2 Å². The maximum atomic E-state index is 12.2. The van der Waals surface area contributed by atoms with Gasteiger partial charge in [0.15, 0.2) is 0 Å². The molecule has 1 fully saturated rings. The van der Waals surface area contributed by atoms with E-state index < -0.39 is 0 Å². The van der Waals surface area contributed by atoms with Crippen molar-refractivity contribution in [3.05, 3.63) is 28.2 Å². The van der Waals surface area contributed by atoms with Crippen LogP contribution in [0.1, 0.15) is 44.9 Å². The maximum absolute atomic E-state index is 12.2. The number of nitrogens with two attached hydrogens (primary N) is 1. The van der Waals surface area contributed by atoms with E-state index in [1.807, 2.05) is 4.90 Å². The number of halogens is 3. The van der Waals surface area contributed by atoms with Crippen LogP contribution >= 0.6 is 35.6 Å². The number of nitrogens with zero attached hydrogens (tertiary/aromatic N) is 1. The monoisotopic (exact) mass is 422 g/mol. The first-order chi connectivity index (χ1) is 12.1. The second-order valence-corrected chi connectivity index (χ2v) is 7.57. The zero-order chi connectivity index (χ0) is 18.1. The van der Waals surface area contributed by atoms with Gasteiger partial charge >= 0.3 is 0 Å². The minimum absolute atomic E-state index is 0. The van der Waals surface area contributed by atoms with Crippen molar-refractivity contribution >= 4 is 41.5 Å². The summed E-state index contributed by atoms with van der Waals surface area (Å²) in [6.07, 6.45) is 6.86. The molecule has 0 aliphatic carbocycles. The van der Waals surface area contributed by atoms with Crippen LogP contribution < -0.4 is 10.5 Å². The number of amides is 1. The molecule has 26 heavy (non-hydrogen) atoms. The van der Waals surface area contributed by atoms with E-state index in [2.05, 4.69) is 0 Å². The number of carbonyl (C=O) groups is 1. The van der Waals surface area contributed by atoms with E-state index >= 15 is 0 Å². The van der Waals surface area contributed by atoms with Gasteiger partial charge in [-0.05, 0) is 56.3 Å². The molecule has 0 bridgehead atoms. The smallest absolute Gasteiger partial charge is 0.222 e. The second kappa shape index (κ2) is 12.7. The zero-order valence-corrected chi connectivity index (χ0v) is 17.4. The number of hydrogen-bond acceptors (Lipinski definition) is 3. The number of likely N-dealkylation sites (tertiary alicyclic amines) is 1. The Morgan fingerprint density at radius 3 is 2.31 bits per heavy atom. The Labute approximate surface area is 172 Å². The van der Waals surface area contributed by atoms with Crippen molar-refractivity contribution in [2.45, 2.75) is 44.9 Å². The van der Waals surface area contributed by atoms with Gasteiger partial charge in [0.1, 0.15) is 5.75 Å². The fourth-order valence-corrected chi connectivity index (χ4v) is 3.61. The molecule has 7 heteroatoms. The van der Waals surface area contributed by atoms with Crippen molar-refractivity contribution in [1.82, 2.24) is 4.90 Å². The highest BCUT2D eigenvalue weighted by atomic mass is 35.5. The van der Waals surface area contributed by atoms with E-state index in [1.165, 1.54) is 0 Å². The van der Waals surface area contributed by atoms with E-state index in [0.717, 1.165) is 58.2 Å². The molecule has 1 amide bonds. The highest BCUT2D eigenvalue weighted by Gasteiger charge is 2.22. The average Bonchev–Trinajstić information content (AvgIpc) is 2.59. The first kappa shape index (κ1) is 23.4. The third-order valence-corrected chi connectivity index (χ3v) is 5.07. The quantitative estimate of drug-likeness (QED) is 0.572. The van der Waals surface area contributed by atoms with E-state index in [4.69, 9.17) is 33.7 Å². The van der Waals surface area contributed by atoms with E-state index in [-0.39, 0.29) is 18.3 Å². The molecular weight excluding hydrogens is 395 g/mol. The Kier molecular flexibility index (Phi) is 11.4. The molecule has 0 spiro atoms. The number of ether oxygens (including phenoxy) is 1. The predicted octanol–water partition coefficient (Wildman–Crippen LogP) is 4.94. The van der Waals surface area contributed by atoms with Gasteiger partial charge in [-0.25, -0.2) is 0 Å². The lowest BCUT2D eigenvalue weighted by Crippen LogP contribution is -2.39. The van der Waals surface area contributed by atoms with Crippen LogP contribution in [-0.4, -0.2) is 37.0 Å². The topological polar surface area (TPSA) is 55.6 Å². The highest BCUT2D eigenvalue weighted by molar-refractivity contribution is 6.34. The molecule has 148 valence electrons. The maximum Gasteiger partial charge on any atom is 0.222 e. The Balaban J connectivity index is 0.00000338. The van der Waals surface area contributed by atoms with Gasteiger partial charge in [-0.15, -0.1) is 12.4 Å². The van der Waals surface area contributed by atoms with Crippen molar-refractivity contribution in [1.29, 1.82) is 0 Å². The Morgan fingerprint density at radius 1 is 1.08 bits per heavy atom. The van der Waals surface area contributed by atoms with Crippen LogP contribution in [0.25, 0.3) is 0 Å². The van der Waals surface area contributed by atoms with Crippen LogP contribution in [0.15, 0.2) is 18.2 Å². The molecule has 0 unspecified atom stereocenters. The summed E-state index contributed by atoms with van der Waals surface area (Å²) >= 11 is 12.0. The Hall–Kier alpha value is -0.680. The summed E-state index contributed by atoms with van der Waals surface area (Å²) in [5.41, 5.74) is 5.48. The summed E-state index contributed by atoms with van der Waals surface area (Å²) < 4.78 is 5.82. The van der Waals surface area contributed by atoms with Gasteiger partial charge in [0.05, 0.1) is 6.61 Å². The molecule has 4 nitrogen and oxygen atoms in total. The summed E-state index contributed by atoms with van der Waals surface area (Å²) in [7, 11) is 0. The predicted molar refractivity (Wildman–Crippen MR) is 111 cm³/mol. The van der Waals surface area contributed by atoms with Gasteiger partial charge < -0.3 is 15.4 Å². The number of unbranched alkanes of at least 4 members (excludes halogenated alkanes) is 3. The fourth-order valence-electron chi connectivity index (χ4n) is 3.11. The largest absolute Gasteiger partial charge is 0.493 e. The molecule has 1 saturated heterocycles. The van der Waals surface area contributed by atoms with Gasteiger partial charge in [0.25, 0.3) is 0 Å². The number of rotatable bonds is 9. The lowest BCUT2D eigenvalue weighted by atomic mass is 9.97. The molecule has 0 atom stereocenters. The normalized spacial score (nSPS) is 14.8. The van der Waals surface area contributed by atoms with Crippen LogP contribution in [0.4, 0.5) is 0 Å². The van der Waals surface area contributed by atoms with Gasteiger partial charge in [-0.2, -0.15) is 0 Å². The minimum Gasteiger partial charge on any atom is -0.493 e. The average molecular weight is 424 g/mol. The van der Waals surface area contributed by atoms with Crippen molar-refractivity contribution in [2.24, 2.45) is 11.7 Å². The summed E-state index contributed by atoms with van der Waals surface area (Å²) in [6.45, 7) is 3.03. The Bertz CT molecular complexity index is 529. The fraction of sp³-hybridized carbons (Fsp3) is 0.632. The van der Waals surface area contributed by atoms with E-state index in [0.29, 0.717) is 34.7 Å². The molecule has 0 aromatic heterocycles. The number of carbonyl (C=O) groups excluding carboxylic acids is 1. The molecule has 1 aliphatic heterocycles. The van der Waals surface area contributed by atoms with Gasteiger partial charge in [0, 0.05) is 29.6 Å². The van der Waals surface area contributed by atoms with Crippen molar-refractivity contribution < 1.29 is 9.53 Å². The summed E-state index contributed by atoms with van der Waals surface area (Å²) in [4.78, 5) is 14.2. The van der Waals surface area contributed by atoms with Gasteiger partial charge in [-0.1, -0.05) is 36.0 Å². The Morgan fingerprint density at radius 2 is 1.69 bits per heavy atom. The third kappa shape index (κ3) is 8.34.